The second-order valence-corrected chi connectivity index (χ2v) is 14.8. The average Bonchev–Trinajstić information content (AvgIpc) is 3.85. The first-order valence-electron chi connectivity index (χ1n) is 16.3. The van der Waals surface area contributed by atoms with Crippen molar-refractivity contribution >= 4 is 41.9 Å². The normalized spacial score (nSPS) is 14.5. The van der Waals surface area contributed by atoms with Gasteiger partial charge in [0.2, 0.25) is 0 Å². The molecule has 4 heteroatoms. The molecule has 0 saturated heterocycles. The fraction of sp³-hybridized carbons (Fsp3) is 0.0222. The van der Waals surface area contributed by atoms with Crippen molar-refractivity contribution < 1.29 is 0 Å². The first-order chi connectivity index (χ1) is 24.2. The maximum absolute atomic E-state index is 10.0. The molecule has 0 atom stereocenters. The number of hydrogen-bond donors (Lipinski definition) is 0. The molecule has 3 heterocycles. The quantitative estimate of drug-likeness (QED) is 0.103. The Hall–Kier alpha value is -6.16. The summed E-state index contributed by atoms with van der Waals surface area (Å²) in [5.74, 6) is 0. The van der Waals surface area contributed by atoms with Gasteiger partial charge in [-0.3, -0.25) is 0 Å². The minimum atomic E-state index is -0.526. The van der Waals surface area contributed by atoms with E-state index in [0.29, 0.717) is 0 Å². The maximum atomic E-state index is 10.0. The zero-order valence-electron chi connectivity index (χ0n) is 26.2. The molecule has 2 aliphatic rings. The Morgan fingerprint density at radius 1 is 0.633 bits per heavy atom. The van der Waals surface area contributed by atoms with Crippen LogP contribution < -0.4 is 0 Å². The summed E-state index contributed by atoms with van der Waals surface area (Å²) in [6.07, 6.45) is 0. The zero-order chi connectivity index (χ0) is 32.7. The minimum absolute atomic E-state index is 0.0478. The van der Waals surface area contributed by atoms with Gasteiger partial charge in [0.1, 0.15) is 0 Å². The summed E-state index contributed by atoms with van der Waals surface area (Å²) in [6.45, 7) is 7.84. The van der Waals surface area contributed by atoms with Gasteiger partial charge in [-0.2, -0.15) is 0 Å². The molecule has 8 aromatic rings. The summed E-state index contributed by atoms with van der Waals surface area (Å²) in [4.78, 5) is 3.67. The fourth-order valence-corrected chi connectivity index (χ4v) is 11.0. The van der Waals surface area contributed by atoms with Gasteiger partial charge in [0.05, 0.1) is 0 Å². The van der Waals surface area contributed by atoms with Crippen molar-refractivity contribution in [1.82, 2.24) is 4.57 Å². The van der Waals surface area contributed by atoms with Crippen LogP contribution in [0.3, 0.4) is 0 Å². The Balaban J connectivity index is 1.32. The van der Waals surface area contributed by atoms with Gasteiger partial charge in [-0.1, -0.05) is 0 Å². The van der Waals surface area contributed by atoms with Crippen LogP contribution in [0.15, 0.2) is 157 Å². The van der Waals surface area contributed by atoms with Crippen molar-refractivity contribution in [3.05, 3.63) is 202 Å². The molecule has 0 radical (unpaired) electrons. The van der Waals surface area contributed by atoms with Gasteiger partial charge in [-0.15, -0.1) is 0 Å². The van der Waals surface area contributed by atoms with Crippen molar-refractivity contribution in [2.24, 2.45) is 0 Å². The summed E-state index contributed by atoms with van der Waals surface area (Å²) >= 11 is -0.0478. The van der Waals surface area contributed by atoms with Crippen molar-refractivity contribution in [2.45, 2.75) is 5.41 Å². The Kier molecular flexibility index (Phi) is 5.93. The van der Waals surface area contributed by atoms with E-state index in [1.165, 1.54) is 53.1 Å². The molecule has 0 bridgehead atoms. The van der Waals surface area contributed by atoms with Crippen LogP contribution in [0, 0.1) is 17.9 Å². The summed E-state index contributed by atoms with van der Waals surface area (Å²) in [7, 11) is 0. The molecule has 1 aliphatic heterocycles. The summed E-state index contributed by atoms with van der Waals surface area (Å²) in [5, 5.41) is 12.6. The molecule has 226 valence electrons. The standard InChI is InChI=1S/C45H25N3Se/c1-47-39(27-46)42-34-19-9-8-17-31(34)32-24-23-28(25-36(32)42)41-26-38-44(49-41)48-40-22-11-10-18-33(40)35-20-12-21-37(43(35)48)45(38,29-13-4-2-5-14-29)30-15-6-3-7-16-30/h2-26H/b42-39-. The third-order valence-electron chi connectivity index (χ3n) is 10.3. The number of hydrogen-bond acceptors (Lipinski definition) is 1. The second kappa shape index (κ2) is 10.4. The van der Waals surface area contributed by atoms with E-state index in [-0.39, 0.29) is 20.2 Å². The molecule has 0 spiro atoms. The molecule has 49 heavy (non-hydrogen) atoms. The molecule has 0 amide bonds. The van der Waals surface area contributed by atoms with Crippen molar-refractivity contribution in [3.63, 3.8) is 0 Å². The van der Waals surface area contributed by atoms with Crippen LogP contribution in [0.2, 0.25) is 0 Å². The fourth-order valence-electron chi connectivity index (χ4n) is 8.41. The van der Waals surface area contributed by atoms with E-state index in [9.17, 15) is 5.26 Å². The molecule has 0 fully saturated rings. The number of para-hydroxylation sites is 2. The number of benzene rings is 6. The van der Waals surface area contributed by atoms with E-state index in [0.717, 1.165) is 33.4 Å². The Morgan fingerprint density at radius 3 is 2.02 bits per heavy atom. The van der Waals surface area contributed by atoms with Gasteiger partial charge in [0.25, 0.3) is 0 Å². The second-order valence-electron chi connectivity index (χ2n) is 12.6. The van der Waals surface area contributed by atoms with E-state index in [1.807, 2.05) is 18.2 Å². The molecular weight excluding hydrogens is 661 g/mol. The molecule has 0 unspecified atom stereocenters. The number of fused-ring (bicyclic) bond motifs is 8. The first-order valence-corrected chi connectivity index (χ1v) is 18.0. The van der Waals surface area contributed by atoms with Gasteiger partial charge < -0.3 is 0 Å². The summed E-state index contributed by atoms with van der Waals surface area (Å²) < 4.78 is 5.18. The molecule has 10 rings (SSSR count). The van der Waals surface area contributed by atoms with Gasteiger partial charge in [0.15, 0.2) is 0 Å². The predicted molar refractivity (Wildman–Crippen MR) is 199 cm³/mol. The number of allylic oxidation sites excluding steroid dienone is 1. The summed E-state index contributed by atoms with van der Waals surface area (Å²) in [5.41, 5.74) is 13.1. The van der Waals surface area contributed by atoms with Crippen molar-refractivity contribution in [3.8, 4) is 31.8 Å². The molecule has 3 nitrogen and oxygen atoms in total. The third kappa shape index (κ3) is 3.65. The van der Waals surface area contributed by atoms with Gasteiger partial charge in [-0.05, 0) is 0 Å². The van der Waals surface area contributed by atoms with E-state index in [2.05, 4.69) is 149 Å². The van der Waals surface area contributed by atoms with Gasteiger partial charge in [0, 0.05) is 0 Å². The van der Waals surface area contributed by atoms with E-state index in [1.54, 1.807) is 0 Å². The monoisotopic (exact) mass is 687 g/mol. The van der Waals surface area contributed by atoms with E-state index < -0.39 is 5.41 Å². The number of rotatable bonds is 3. The van der Waals surface area contributed by atoms with E-state index >= 15 is 0 Å². The van der Waals surface area contributed by atoms with Crippen LogP contribution in [0.1, 0.15) is 33.4 Å². The van der Waals surface area contributed by atoms with Crippen LogP contribution in [0.25, 0.3) is 57.9 Å². The number of aromatic nitrogens is 1. The number of nitriles is 1. The van der Waals surface area contributed by atoms with Crippen molar-refractivity contribution in [2.75, 3.05) is 0 Å². The van der Waals surface area contributed by atoms with E-state index in [4.69, 9.17) is 6.57 Å². The Labute approximate surface area is 289 Å². The molecule has 0 saturated carbocycles. The Morgan fingerprint density at radius 2 is 1.29 bits per heavy atom. The van der Waals surface area contributed by atoms with Crippen LogP contribution in [-0.4, -0.2) is 19.1 Å². The predicted octanol–water partition coefficient (Wildman–Crippen LogP) is 10.4. The van der Waals surface area contributed by atoms with Crippen LogP contribution in [0.5, 0.6) is 0 Å². The molecule has 0 N–H and O–H groups in total. The first kappa shape index (κ1) is 27.9. The Bertz CT molecular complexity index is 2730. The molecule has 2 aromatic heterocycles. The van der Waals surface area contributed by atoms with Crippen LogP contribution in [0.4, 0.5) is 0 Å². The zero-order valence-corrected chi connectivity index (χ0v) is 27.9. The summed E-state index contributed by atoms with van der Waals surface area (Å²) in [6, 6.07) is 57.0. The van der Waals surface area contributed by atoms with Crippen LogP contribution >= 0.6 is 0 Å². The molecule has 6 aromatic carbocycles. The van der Waals surface area contributed by atoms with Crippen molar-refractivity contribution in [1.29, 1.82) is 5.26 Å². The number of nitrogens with zero attached hydrogens (tertiary/aromatic N) is 3. The third-order valence-corrected chi connectivity index (χ3v) is 12.8. The average molecular weight is 687 g/mol. The SMILES string of the molecule is [C-]#[N+]/C(C#N)=C1/c2ccccc2-c2ccc(-c3cc4c([se]3)-n3c5ccccc5c5cccc(c53)C4(c3ccccc3)c3ccccc3)cc21. The topological polar surface area (TPSA) is 33.1 Å². The van der Waals surface area contributed by atoms with Gasteiger partial charge >= 0.3 is 291 Å². The van der Waals surface area contributed by atoms with Crippen LogP contribution in [-0.2, 0) is 5.41 Å². The molecule has 1 aliphatic carbocycles. The van der Waals surface area contributed by atoms with Gasteiger partial charge in [-0.25, -0.2) is 0 Å². The molecular formula is C45H25N3Se.